The van der Waals surface area contributed by atoms with Crippen molar-refractivity contribution in [3.8, 4) is 11.1 Å². The van der Waals surface area contributed by atoms with Crippen LogP contribution in [0.4, 0.5) is 4.79 Å². The quantitative estimate of drug-likeness (QED) is 0.459. The number of ether oxygens (including phenoxy) is 1. The van der Waals surface area contributed by atoms with Gasteiger partial charge in [-0.15, -0.1) is 0 Å². The van der Waals surface area contributed by atoms with Gasteiger partial charge in [0.25, 0.3) is 0 Å². The van der Waals surface area contributed by atoms with Gasteiger partial charge in [-0.25, -0.2) is 4.79 Å². The minimum Gasteiger partial charge on any atom is -0.481 e. The second-order valence-corrected chi connectivity index (χ2v) is 9.67. The minimum absolute atomic E-state index is 0.000612. The number of carboxylic acids is 1. The molecule has 1 saturated carbocycles. The van der Waals surface area contributed by atoms with Gasteiger partial charge < -0.3 is 20.5 Å². The average Bonchev–Trinajstić information content (AvgIpc) is 3.41. The van der Waals surface area contributed by atoms with E-state index >= 15 is 0 Å². The summed E-state index contributed by atoms with van der Waals surface area (Å²) in [5, 5.41) is 14.8. The third kappa shape index (κ3) is 6.02. The van der Waals surface area contributed by atoms with E-state index in [0.29, 0.717) is 12.8 Å². The topological polar surface area (TPSA) is 105 Å². The summed E-state index contributed by atoms with van der Waals surface area (Å²) in [7, 11) is 0. The monoisotopic (exact) mass is 478 g/mol. The van der Waals surface area contributed by atoms with Gasteiger partial charge in [0.15, 0.2) is 0 Å². The van der Waals surface area contributed by atoms with Gasteiger partial charge in [0, 0.05) is 24.9 Å². The van der Waals surface area contributed by atoms with Crippen LogP contribution < -0.4 is 10.6 Å². The third-order valence-electron chi connectivity index (χ3n) is 7.20. The maximum absolute atomic E-state index is 12.9. The van der Waals surface area contributed by atoms with Crippen LogP contribution in [-0.2, 0) is 14.3 Å². The molecule has 2 aliphatic rings. The fourth-order valence-corrected chi connectivity index (χ4v) is 5.49. The lowest BCUT2D eigenvalue weighted by atomic mass is 9.98. The number of alkyl carbamates (subject to hydrolysis) is 1. The molecule has 0 heterocycles. The van der Waals surface area contributed by atoms with E-state index in [1.54, 1.807) is 0 Å². The highest BCUT2D eigenvalue weighted by Crippen LogP contribution is 2.44. The molecule has 0 aliphatic heterocycles. The first kappa shape index (κ1) is 24.8. The molecular weight excluding hydrogens is 444 g/mol. The summed E-state index contributed by atoms with van der Waals surface area (Å²) >= 11 is 0. The van der Waals surface area contributed by atoms with E-state index in [1.165, 1.54) is 11.1 Å². The van der Waals surface area contributed by atoms with Crippen LogP contribution in [0.25, 0.3) is 11.1 Å². The number of rotatable bonds is 10. The Kier molecular flexibility index (Phi) is 8.06. The third-order valence-corrected chi connectivity index (χ3v) is 7.20. The summed E-state index contributed by atoms with van der Waals surface area (Å²) in [5.41, 5.74) is 4.66. The van der Waals surface area contributed by atoms with E-state index in [1.807, 2.05) is 31.2 Å². The fourth-order valence-electron chi connectivity index (χ4n) is 5.49. The number of carbonyl (C=O) groups excluding carboxylic acids is 2. The summed E-state index contributed by atoms with van der Waals surface area (Å²) < 4.78 is 5.60. The zero-order chi connectivity index (χ0) is 24.8. The molecule has 2 amide bonds. The van der Waals surface area contributed by atoms with Crippen molar-refractivity contribution in [3.63, 3.8) is 0 Å². The first-order valence-electron chi connectivity index (χ1n) is 12.6. The first-order valence-corrected chi connectivity index (χ1v) is 12.6. The van der Waals surface area contributed by atoms with E-state index in [9.17, 15) is 14.4 Å². The molecule has 3 atom stereocenters. The summed E-state index contributed by atoms with van der Waals surface area (Å²) in [6, 6.07) is 16.4. The Labute approximate surface area is 206 Å². The van der Waals surface area contributed by atoms with Gasteiger partial charge in [0.2, 0.25) is 5.91 Å². The van der Waals surface area contributed by atoms with Crippen LogP contribution in [0.1, 0.15) is 62.5 Å². The van der Waals surface area contributed by atoms with Gasteiger partial charge in [-0.3, -0.25) is 9.59 Å². The summed E-state index contributed by atoms with van der Waals surface area (Å²) in [4.78, 5) is 36.3. The van der Waals surface area contributed by atoms with Crippen molar-refractivity contribution in [1.82, 2.24) is 10.6 Å². The highest BCUT2D eigenvalue weighted by Gasteiger charge is 2.31. The Balaban J connectivity index is 1.28. The number of aliphatic carboxylic acids is 1. The van der Waals surface area contributed by atoms with E-state index in [0.717, 1.165) is 30.4 Å². The van der Waals surface area contributed by atoms with Crippen molar-refractivity contribution in [2.45, 2.75) is 57.4 Å². The lowest BCUT2D eigenvalue weighted by Crippen LogP contribution is -2.42. The van der Waals surface area contributed by atoms with Crippen LogP contribution in [0, 0.1) is 11.8 Å². The second-order valence-electron chi connectivity index (χ2n) is 9.67. The molecule has 4 rings (SSSR count). The first-order chi connectivity index (χ1) is 17.0. The van der Waals surface area contributed by atoms with Crippen LogP contribution in [0.15, 0.2) is 48.5 Å². The zero-order valence-electron chi connectivity index (χ0n) is 20.2. The molecule has 2 aromatic rings. The predicted octanol–water partition coefficient (Wildman–Crippen LogP) is 4.70. The zero-order valence-corrected chi connectivity index (χ0v) is 20.2. The molecule has 186 valence electrons. The Morgan fingerprint density at radius 2 is 1.69 bits per heavy atom. The lowest BCUT2D eigenvalue weighted by molar-refractivity contribution is -0.138. The van der Waals surface area contributed by atoms with Crippen molar-refractivity contribution in [1.29, 1.82) is 0 Å². The van der Waals surface area contributed by atoms with Gasteiger partial charge in [-0.1, -0.05) is 61.9 Å². The fraction of sp³-hybridized carbons (Fsp3) is 0.464. The summed E-state index contributed by atoms with van der Waals surface area (Å²) in [6.07, 6.45) is 3.39. The maximum atomic E-state index is 12.9. The smallest absolute Gasteiger partial charge is 0.407 e. The van der Waals surface area contributed by atoms with Crippen LogP contribution in [0.3, 0.4) is 0 Å². The van der Waals surface area contributed by atoms with Crippen molar-refractivity contribution in [3.05, 3.63) is 59.7 Å². The van der Waals surface area contributed by atoms with Gasteiger partial charge in [0.1, 0.15) is 6.61 Å². The SMILES string of the molecule is CCCC(CNC(=O)OCC1c2ccccc2-c2ccccc21)C(=O)N[C@@H]1CC[C@H](CC(=O)O)C1. The van der Waals surface area contributed by atoms with Crippen LogP contribution >= 0.6 is 0 Å². The number of hydrogen-bond donors (Lipinski definition) is 3. The van der Waals surface area contributed by atoms with Gasteiger partial charge in [0.05, 0.1) is 5.92 Å². The predicted molar refractivity (Wildman–Crippen MR) is 133 cm³/mol. The Hall–Kier alpha value is -3.35. The second kappa shape index (κ2) is 11.4. The molecular formula is C28H34N2O5. The van der Waals surface area contributed by atoms with Gasteiger partial charge in [-0.2, -0.15) is 0 Å². The normalized spacial score (nSPS) is 19.5. The van der Waals surface area contributed by atoms with Crippen molar-refractivity contribution >= 4 is 18.0 Å². The molecule has 0 aromatic heterocycles. The molecule has 3 N–H and O–H groups in total. The molecule has 0 spiro atoms. The van der Waals surface area contributed by atoms with Crippen molar-refractivity contribution in [2.75, 3.05) is 13.2 Å². The molecule has 0 bridgehead atoms. The molecule has 2 aliphatic carbocycles. The molecule has 2 aromatic carbocycles. The summed E-state index contributed by atoms with van der Waals surface area (Å²) in [6.45, 7) is 2.45. The standard InChI is InChI=1S/C28H34N2O5/c1-2-7-19(27(33)30-20-13-12-18(14-20)15-26(31)32)16-29-28(34)35-17-25-23-10-5-3-8-21(23)22-9-4-6-11-24(22)25/h3-6,8-11,18-20,25H,2,7,12-17H2,1H3,(H,29,34)(H,30,33)(H,31,32)/t18-,19?,20+/m0/s1. The number of carboxylic acid groups (broad SMARTS) is 1. The van der Waals surface area contributed by atoms with Crippen LogP contribution in [0.5, 0.6) is 0 Å². The molecule has 0 saturated heterocycles. The highest BCUT2D eigenvalue weighted by atomic mass is 16.5. The number of amides is 2. The molecule has 0 radical (unpaired) electrons. The minimum atomic E-state index is -0.793. The molecule has 7 heteroatoms. The van der Waals surface area contributed by atoms with Crippen molar-refractivity contribution in [2.24, 2.45) is 11.8 Å². The Morgan fingerprint density at radius 1 is 1.03 bits per heavy atom. The van der Waals surface area contributed by atoms with E-state index in [-0.39, 0.29) is 49.3 Å². The Bertz CT molecular complexity index is 1020. The number of nitrogens with one attached hydrogen (secondary N) is 2. The van der Waals surface area contributed by atoms with E-state index < -0.39 is 12.1 Å². The Morgan fingerprint density at radius 3 is 2.31 bits per heavy atom. The van der Waals surface area contributed by atoms with Gasteiger partial charge >= 0.3 is 12.1 Å². The average molecular weight is 479 g/mol. The summed E-state index contributed by atoms with van der Waals surface area (Å²) in [5.74, 6) is -1.13. The lowest BCUT2D eigenvalue weighted by Gasteiger charge is -2.20. The number of carbonyl (C=O) groups is 3. The molecule has 35 heavy (non-hydrogen) atoms. The molecule has 1 fully saturated rings. The molecule has 7 nitrogen and oxygen atoms in total. The highest BCUT2D eigenvalue weighted by molar-refractivity contribution is 5.80. The van der Waals surface area contributed by atoms with Crippen LogP contribution in [-0.4, -0.2) is 42.3 Å². The van der Waals surface area contributed by atoms with Crippen LogP contribution in [0.2, 0.25) is 0 Å². The number of benzene rings is 2. The number of hydrogen-bond acceptors (Lipinski definition) is 4. The largest absolute Gasteiger partial charge is 0.481 e. The maximum Gasteiger partial charge on any atom is 0.407 e. The van der Waals surface area contributed by atoms with Gasteiger partial charge in [-0.05, 0) is 53.9 Å². The van der Waals surface area contributed by atoms with E-state index in [4.69, 9.17) is 9.84 Å². The molecule has 1 unspecified atom stereocenters. The number of fused-ring (bicyclic) bond motifs is 3. The van der Waals surface area contributed by atoms with E-state index in [2.05, 4.69) is 34.9 Å². The van der Waals surface area contributed by atoms with Crippen molar-refractivity contribution < 1.29 is 24.2 Å².